The summed E-state index contributed by atoms with van der Waals surface area (Å²) in [6.45, 7) is 9.12. The maximum atomic E-state index is 2.36. The van der Waals surface area contributed by atoms with E-state index in [9.17, 15) is 0 Å². The van der Waals surface area contributed by atoms with E-state index in [1.807, 2.05) is 0 Å². The van der Waals surface area contributed by atoms with Crippen LogP contribution in [0.1, 0.15) is 91.9 Å². The van der Waals surface area contributed by atoms with Crippen molar-refractivity contribution in [2.75, 3.05) is 0 Å². The molecule has 0 heteroatoms. The molecule has 1 atom stereocenters. The van der Waals surface area contributed by atoms with Crippen molar-refractivity contribution >= 4 is 0 Å². The smallest absolute Gasteiger partial charge is 0.0322 e. The lowest BCUT2D eigenvalue weighted by Gasteiger charge is -2.18. The van der Waals surface area contributed by atoms with Gasteiger partial charge < -0.3 is 0 Å². The second kappa shape index (κ2) is 13.2. The van der Waals surface area contributed by atoms with Gasteiger partial charge in [0.2, 0.25) is 0 Å². The predicted molar refractivity (Wildman–Crippen MR) is 85.0 cm³/mol. The standard InChI is InChI=1S/C18H36/c1-5-9-14-18(13-8-4)16-10-15-17(11-6-2)12-7-3/h5,9,17-18H,6-8,10-16H2,1-4H3/b9-5+. The number of hydrogen-bond donors (Lipinski definition) is 0. The summed E-state index contributed by atoms with van der Waals surface area (Å²) < 4.78 is 0. The Labute approximate surface area is 116 Å². The Bertz CT molecular complexity index is 174. The minimum absolute atomic E-state index is 0.940. The summed E-state index contributed by atoms with van der Waals surface area (Å²) in [4.78, 5) is 0. The fourth-order valence-electron chi connectivity index (χ4n) is 3.06. The van der Waals surface area contributed by atoms with Crippen LogP contribution in [0.15, 0.2) is 12.2 Å². The highest BCUT2D eigenvalue weighted by atomic mass is 14.2. The van der Waals surface area contributed by atoms with Gasteiger partial charge in [0, 0.05) is 0 Å². The first-order valence-corrected chi connectivity index (χ1v) is 8.39. The molecule has 0 amide bonds. The van der Waals surface area contributed by atoms with Crippen molar-refractivity contribution in [1.82, 2.24) is 0 Å². The quantitative estimate of drug-likeness (QED) is 0.337. The minimum atomic E-state index is 0.940. The molecule has 18 heavy (non-hydrogen) atoms. The molecular weight excluding hydrogens is 216 g/mol. The van der Waals surface area contributed by atoms with Crippen LogP contribution in [0.25, 0.3) is 0 Å². The average Bonchev–Trinajstić information content (AvgIpc) is 2.36. The molecule has 1 unspecified atom stereocenters. The van der Waals surface area contributed by atoms with Gasteiger partial charge in [-0.15, -0.1) is 0 Å². The van der Waals surface area contributed by atoms with Gasteiger partial charge in [0.25, 0.3) is 0 Å². The van der Waals surface area contributed by atoms with Gasteiger partial charge in [-0.3, -0.25) is 0 Å². The highest BCUT2D eigenvalue weighted by Gasteiger charge is 2.10. The molecule has 0 nitrogen and oxygen atoms in total. The van der Waals surface area contributed by atoms with Crippen molar-refractivity contribution in [3.05, 3.63) is 12.2 Å². The fraction of sp³-hybridized carbons (Fsp3) is 0.889. The maximum absolute atomic E-state index is 2.36. The van der Waals surface area contributed by atoms with E-state index in [0.29, 0.717) is 0 Å². The van der Waals surface area contributed by atoms with E-state index < -0.39 is 0 Å². The third-order valence-electron chi connectivity index (χ3n) is 4.02. The van der Waals surface area contributed by atoms with Gasteiger partial charge in [-0.05, 0) is 25.2 Å². The van der Waals surface area contributed by atoms with E-state index in [4.69, 9.17) is 0 Å². The highest BCUT2D eigenvalue weighted by Crippen LogP contribution is 2.24. The molecule has 0 fully saturated rings. The van der Waals surface area contributed by atoms with E-state index in [-0.39, 0.29) is 0 Å². The van der Waals surface area contributed by atoms with Crippen LogP contribution in [0.4, 0.5) is 0 Å². The van der Waals surface area contributed by atoms with Gasteiger partial charge in [-0.2, -0.15) is 0 Å². The lowest BCUT2D eigenvalue weighted by atomic mass is 9.88. The molecule has 108 valence electrons. The van der Waals surface area contributed by atoms with Crippen molar-refractivity contribution in [2.24, 2.45) is 11.8 Å². The van der Waals surface area contributed by atoms with Gasteiger partial charge in [-0.1, -0.05) is 90.7 Å². The second-order valence-electron chi connectivity index (χ2n) is 5.83. The van der Waals surface area contributed by atoms with Crippen LogP contribution in [0.3, 0.4) is 0 Å². The first kappa shape index (κ1) is 17.7. The van der Waals surface area contributed by atoms with Crippen molar-refractivity contribution < 1.29 is 0 Å². The Morgan fingerprint density at radius 2 is 1.22 bits per heavy atom. The average molecular weight is 252 g/mol. The Hall–Kier alpha value is -0.260. The third kappa shape index (κ3) is 9.74. The molecule has 0 aromatic heterocycles. The van der Waals surface area contributed by atoms with Crippen LogP contribution < -0.4 is 0 Å². The molecule has 0 aliphatic heterocycles. The Morgan fingerprint density at radius 1 is 0.722 bits per heavy atom. The van der Waals surface area contributed by atoms with Crippen LogP contribution >= 0.6 is 0 Å². The molecule has 0 aromatic carbocycles. The second-order valence-corrected chi connectivity index (χ2v) is 5.83. The van der Waals surface area contributed by atoms with Crippen molar-refractivity contribution in [1.29, 1.82) is 0 Å². The lowest BCUT2D eigenvalue weighted by Crippen LogP contribution is -2.03. The van der Waals surface area contributed by atoms with Crippen molar-refractivity contribution in [3.8, 4) is 0 Å². The van der Waals surface area contributed by atoms with Crippen LogP contribution in [-0.2, 0) is 0 Å². The highest BCUT2D eigenvalue weighted by molar-refractivity contribution is 4.80. The zero-order valence-electron chi connectivity index (χ0n) is 13.4. The van der Waals surface area contributed by atoms with Crippen molar-refractivity contribution in [2.45, 2.75) is 91.9 Å². The van der Waals surface area contributed by atoms with E-state index in [2.05, 4.69) is 39.8 Å². The molecule has 0 heterocycles. The van der Waals surface area contributed by atoms with E-state index >= 15 is 0 Å². The van der Waals surface area contributed by atoms with Gasteiger partial charge in [0.05, 0.1) is 0 Å². The monoisotopic (exact) mass is 252 g/mol. The Morgan fingerprint density at radius 3 is 1.72 bits per heavy atom. The summed E-state index contributed by atoms with van der Waals surface area (Å²) in [5, 5.41) is 0. The summed E-state index contributed by atoms with van der Waals surface area (Å²) >= 11 is 0. The van der Waals surface area contributed by atoms with Crippen molar-refractivity contribution in [3.63, 3.8) is 0 Å². The van der Waals surface area contributed by atoms with Gasteiger partial charge >= 0.3 is 0 Å². The summed E-state index contributed by atoms with van der Waals surface area (Å²) in [5.41, 5.74) is 0. The van der Waals surface area contributed by atoms with Crippen LogP contribution in [0, 0.1) is 11.8 Å². The molecule has 0 aliphatic carbocycles. The first-order chi connectivity index (χ1) is 8.78. The van der Waals surface area contributed by atoms with E-state index in [1.165, 1.54) is 64.2 Å². The molecule has 0 saturated heterocycles. The number of hydrogen-bond acceptors (Lipinski definition) is 0. The summed E-state index contributed by atoms with van der Waals surface area (Å²) in [6, 6.07) is 0. The molecule has 0 radical (unpaired) electrons. The third-order valence-corrected chi connectivity index (χ3v) is 4.02. The molecule has 0 aliphatic rings. The van der Waals surface area contributed by atoms with Gasteiger partial charge in [0.1, 0.15) is 0 Å². The van der Waals surface area contributed by atoms with Gasteiger partial charge in [0.15, 0.2) is 0 Å². The summed E-state index contributed by atoms with van der Waals surface area (Å²) in [7, 11) is 0. The SMILES string of the molecule is C/C=C/CC(CCC)CCCC(CCC)CCC. The first-order valence-electron chi connectivity index (χ1n) is 8.39. The molecule has 0 bridgehead atoms. The van der Waals surface area contributed by atoms with Crippen LogP contribution in [0.2, 0.25) is 0 Å². The minimum Gasteiger partial charge on any atom is -0.0917 e. The Kier molecular flexibility index (Phi) is 13.0. The number of rotatable bonds is 12. The maximum Gasteiger partial charge on any atom is -0.0322 e. The largest absolute Gasteiger partial charge is 0.0917 e. The molecule has 0 spiro atoms. The summed E-state index contributed by atoms with van der Waals surface area (Å²) in [5.74, 6) is 1.94. The zero-order chi connectivity index (χ0) is 13.6. The normalized spacial score (nSPS) is 13.6. The zero-order valence-corrected chi connectivity index (χ0v) is 13.4. The summed E-state index contributed by atoms with van der Waals surface area (Å²) in [6.07, 6.45) is 18.6. The van der Waals surface area contributed by atoms with E-state index in [1.54, 1.807) is 0 Å². The van der Waals surface area contributed by atoms with Crippen LogP contribution in [-0.4, -0.2) is 0 Å². The molecule has 0 rings (SSSR count). The molecule has 0 aromatic rings. The van der Waals surface area contributed by atoms with Crippen LogP contribution in [0.5, 0.6) is 0 Å². The topological polar surface area (TPSA) is 0 Å². The molecule has 0 N–H and O–H groups in total. The fourth-order valence-corrected chi connectivity index (χ4v) is 3.06. The van der Waals surface area contributed by atoms with E-state index in [0.717, 1.165) is 11.8 Å². The lowest BCUT2D eigenvalue weighted by molar-refractivity contribution is 0.359. The number of allylic oxidation sites excluding steroid dienone is 2. The van der Waals surface area contributed by atoms with Gasteiger partial charge in [-0.25, -0.2) is 0 Å². The Balaban J connectivity index is 3.85. The predicted octanol–water partition coefficient (Wildman–Crippen LogP) is 6.76. The molecular formula is C18H36. The molecule has 0 saturated carbocycles.